The van der Waals surface area contributed by atoms with Crippen LogP contribution in [0, 0.1) is 5.92 Å². The smallest absolute Gasteiger partial charge is 0.488 e. The molecule has 4 aromatic carbocycles. The summed E-state index contributed by atoms with van der Waals surface area (Å²) in [6, 6.07) is 24.8. The molecule has 1 unspecified atom stereocenters. The van der Waals surface area contributed by atoms with Crippen LogP contribution in [-0.4, -0.2) is 108 Å². The summed E-state index contributed by atoms with van der Waals surface area (Å²) in [7, 11) is -1.55. The number of rotatable bonds is 9. The number of thiophene rings is 1. The van der Waals surface area contributed by atoms with Gasteiger partial charge in [0.2, 0.25) is 11.8 Å². The molecule has 0 spiro atoms. The van der Waals surface area contributed by atoms with E-state index in [1.54, 1.807) is 36.4 Å². The van der Waals surface area contributed by atoms with E-state index in [0.29, 0.717) is 34.0 Å². The molecule has 4 aliphatic heterocycles. The maximum atomic E-state index is 13.3. The molecule has 4 N–H and O–H groups in total. The van der Waals surface area contributed by atoms with Crippen molar-refractivity contribution in [2.45, 2.75) is 31.7 Å². The number of hydrogen-bond donors (Lipinski definition) is 4. The number of carbonyl (C=O) groups is 4. The second-order valence-electron chi connectivity index (χ2n) is 15.4. The van der Waals surface area contributed by atoms with Crippen molar-refractivity contribution in [3.63, 3.8) is 0 Å². The van der Waals surface area contributed by atoms with Crippen molar-refractivity contribution in [3.8, 4) is 27.7 Å². The van der Waals surface area contributed by atoms with Gasteiger partial charge in [-0.25, -0.2) is 0 Å². The van der Waals surface area contributed by atoms with Crippen molar-refractivity contribution in [2.24, 2.45) is 5.92 Å². The largest absolute Gasteiger partial charge is 0.508 e. The first-order chi connectivity index (χ1) is 28.1. The molecule has 0 radical (unpaired) electrons. The van der Waals surface area contributed by atoms with Gasteiger partial charge >= 0.3 is 7.12 Å². The number of phenols is 1. The lowest BCUT2D eigenvalue weighted by Crippen LogP contribution is -2.54. The summed E-state index contributed by atoms with van der Waals surface area (Å²) in [6.07, 6.45) is 2.40. The molecule has 5 aromatic rings. The lowest BCUT2D eigenvalue weighted by molar-refractivity contribution is -0.136. The molecule has 1 atom stereocenters. The molecule has 4 amide bonds. The molecule has 58 heavy (non-hydrogen) atoms. The fraction of sp³-hybridized carbons (Fsp3) is 0.302. The predicted octanol–water partition coefficient (Wildman–Crippen LogP) is 4.19. The molecule has 13 nitrogen and oxygen atoms in total. The Kier molecular flexibility index (Phi) is 10.1. The van der Waals surface area contributed by atoms with Gasteiger partial charge in [0.1, 0.15) is 17.5 Å². The third kappa shape index (κ3) is 7.30. The van der Waals surface area contributed by atoms with Gasteiger partial charge in [-0.1, -0.05) is 24.3 Å². The van der Waals surface area contributed by atoms with E-state index in [2.05, 4.69) is 32.1 Å². The number of aromatic hydroxyl groups is 1. The number of anilines is 2. The van der Waals surface area contributed by atoms with E-state index >= 15 is 0 Å². The van der Waals surface area contributed by atoms with Gasteiger partial charge < -0.3 is 29.7 Å². The Morgan fingerprint density at radius 1 is 0.741 bits per heavy atom. The minimum Gasteiger partial charge on any atom is -0.508 e. The van der Waals surface area contributed by atoms with Crippen molar-refractivity contribution in [1.29, 1.82) is 0 Å². The molecular formula is C43H42BN5O8S. The lowest BCUT2D eigenvalue weighted by Gasteiger charge is -2.40. The number of hydrogen-bond acceptors (Lipinski definition) is 12. The fourth-order valence-electron chi connectivity index (χ4n) is 8.59. The Morgan fingerprint density at radius 3 is 2.14 bits per heavy atom. The summed E-state index contributed by atoms with van der Waals surface area (Å²) in [4.78, 5) is 59.6. The van der Waals surface area contributed by atoms with Crippen molar-refractivity contribution in [2.75, 3.05) is 55.6 Å². The molecule has 3 saturated heterocycles. The predicted molar refractivity (Wildman–Crippen MR) is 222 cm³/mol. The first kappa shape index (κ1) is 37.8. The third-order valence-corrected chi connectivity index (χ3v) is 13.0. The molecule has 0 saturated carbocycles. The summed E-state index contributed by atoms with van der Waals surface area (Å²) in [6.45, 7) is 6.35. The van der Waals surface area contributed by atoms with Gasteiger partial charge in [-0.3, -0.25) is 34.3 Å². The Labute approximate surface area is 339 Å². The zero-order valence-corrected chi connectivity index (χ0v) is 32.5. The Bertz CT molecular complexity index is 2410. The highest BCUT2D eigenvalue weighted by Gasteiger charge is 2.45. The van der Waals surface area contributed by atoms with Gasteiger partial charge in [-0.2, -0.15) is 0 Å². The van der Waals surface area contributed by atoms with E-state index in [0.717, 1.165) is 95.5 Å². The summed E-state index contributed by atoms with van der Waals surface area (Å²) < 4.78 is 7.41. The van der Waals surface area contributed by atoms with Crippen LogP contribution in [0.5, 0.6) is 17.2 Å². The summed E-state index contributed by atoms with van der Waals surface area (Å²) in [5, 5.41) is 32.4. The van der Waals surface area contributed by atoms with Crippen LogP contribution in [0.2, 0.25) is 0 Å². The Morgan fingerprint density at radius 2 is 1.43 bits per heavy atom. The van der Waals surface area contributed by atoms with Gasteiger partial charge in [0.05, 0.1) is 16.0 Å². The minimum atomic E-state index is -1.55. The van der Waals surface area contributed by atoms with Crippen LogP contribution in [0.25, 0.3) is 20.5 Å². The van der Waals surface area contributed by atoms with E-state index in [9.17, 15) is 34.3 Å². The highest BCUT2D eigenvalue weighted by atomic mass is 32.1. The molecule has 0 bridgehead atoms. The topological polar surface area (TPSA) is 163 Å². The lowest BCUT2D eigenvalue weighted by atomic mass is 9.80. The number of imide groups is 2. The fourth-order valence-corrected chi connectivity index (χ4v) is 9.75. The molecule has 0 aliphatic carbocycles. The summed E-state index contributed by atoms with van der Waals surface area (Å²) in [5.74, 6) is 0.170. The second kappa shape index (κ2) is 15.6. The summed E-state index contributed by atoms with van der Waals surface area (Å²) >= 11 is 1.51. The van der Waals surface area contributed by atoms with E-state index < -0.39 is 36.8 Å². The molecule has 15 heteroatoms. The van der Waals surface area contributed by atoms with E-state index in [-0.39, 0.29) is 18.6 Å². The average Bonchev–Trinajstić information content (AvgIpc) is 3.70. The first-order valence-corrected chi connectivity index (χ1v) is 20.5. The minimum absolute atomic E-state index is 0.0901. The van der Waals surface area contributed by atoms with Gasteiger partial charge in [-0.05, 0) is 96.9 Å². The van der Waals surface area contributed by atoms with Gasteiger partial charge in [0.15, 0.2) is 5.75 Å². The molecule has 9 rings (SSSR count). The molecular weight excluding hydrogens is 757 g/mol. The number of benzene rings is 4. The number of amides is 4. The number of nitrogens with zero attached hydrogens (tertiary/aromatic N) is 4. The normalized spacial score (nSPS) is 19.2. The van der Waals surface area contributed by atoms with Crippen LogP contribution in [0.3, 0.4) is 0 Å². The van der Waals surface area contributed by atoms with Crippen LogP contribution in [0.1, 0.15) is 46.4 Å². The van der Waals surface area contributed by atoms with Gasteiger partial charge in [0.25, 0.3) is 11.8 Å². The second-order valence-corrected chi connectivity index (χ2v) is 16.5. The standard InChI is InChI=1S/C43H42BN5O8S/c50-31-8-12-34-37(24-31)58-40(27-1-3-28(4-2-27)44(55)56)39(34)57-32-9-5-29(6-10-32)47-17-15-26(16-18-47)25-46-19-21-48(22-20-46)30-7-11-33-35(23-30)43(54)49(42(33)53)36-13-14-38(51)45-41(36)52/h1-12,23-24,26,36,50,55-56H,13-22,25H2,(H,45,51,52). The Hall–Kier alpha value is -5.74. The highest BCUT2D eigenvalue weighted by Crippen LogP contribution is 2.47. The zero-order valence-electron chi connectivity index (χ0n) is 31.7. The van der Waals surface area contributed by atoms with E-state index in [4.69, 9.17) is 4.74 Å². The van der Waals surface area contributed by atoms with Crippen LogP contribution in [0.4, 0.5) is 11.4 Å². The maximum Gasteiger partial charge on any atom is 0.488 e. The molecule has 5 heterocycles. The molecule has 1 aromatic heterocycles. The number of carbonyl (C=O) groups excluding carboxylic acids is 4. The zero-order chi connectivity index (χ0) is 40.1. The van der Waals surface area contributed by atoms with Crippen molar-refractivity contribution < 1.29 is 39.1 Å². The molecule has 4 aliphatic rings. The van der Waals surface area contributed by atoms with Crippen LogP contribution >= 0.6 is 11.3 Å². The van der Waals surface area contributed by atoms with Crippen LogP contribution < -0.4 is 25.3 Å². The Balaban J connectivity index is 0.779. The summed E-state index contributed by atoms with van der Waals surface area (Å²) in [5.41, 5.74) is 3.91. The first-order valence-electron chi connectivity index (χ1n) is 19.7. The number of piperazine rings is 1. The number of fused-ring (bicyclic) bond motifs is 2. The molecule has 3 fully saturated rings. The SMILES string of the molecule is O=C1CCC(N2C(=O)c3ccc(N4CCN(CC5CCN(c6ccc(Oc7c(-c8ccc(B(O)O)cc8)sc8cc(O)ccc78)cc6)CC5)CC4)cc3C2=O)C(=O)N1. The van der Waals surface area contributed by atoms with Crippen molar-refractivity contribution in [3.05, 3.63) is 96.1 Å². The van der Waals surface area contributed by atoms with Crippen LogP contribution in [-0.2, 0) is 9.59 Å². The van der Waals surface area contributed by atoms with Gasteiger partial charge in [0, 0.05) is 73.7 Å². The quantitative estimate of drug-likeness (QED) is 0.125. The maximum absolute atomic E-state index is 13.3. The number of nitrogens with one attached hydrogen (secondary N) is 1. The van der Waals surface area contributed by atoms with Crippen LogP contribution in [0.15, 0.2) is 84.9 Å². The number of phenolic OH excluding ortho intramolecular Hbond substituents is 1. The van der Waals surface area contributed by atoms with E-state index in [1.807, 2.05) is 36.4 Å². The highest BCUT2D eigenvalue weighted by molar-refractivity contribution is 7.22. The van der Waals surface area contributed by atoms with E-state index in [1.165, 1.54) is 11.3 Å². The number of ether oxygens (including phenoxy) is 1. The third-order valence-electron chi connectivity index (χ3n) is 11.8. The number of piperidine rings is 2. The van der Waals surface area contributed by atoms with Gasteiger partial charge in [-0.15, -0.1) is 11.3 Å². The van der Waals surface area contributed by atoms with Crippen molar-refractivity contribution in [1.82, 2.24) is 15.1 Å². The van der Waals surface area contributed by atoms with Crippen molar-refractivity contribution >= 4 is 69.0 Å². The molecule has 296 valence electrons. The monoisotopic (exact) mass is 799 g/mol. The average molecular weight is 800 g/mol.